The van der Waals surface area contributed by atoms with Gasteiger partial charge in [-0.3, -0.25) is 4.68 Å². The van der Waals surface area contributed by atoms with Crippen molar-refractivity contribution in [2.45, 2.75) is 33.0 Å². The van der Waals surface area contributed by atoms with E-state index in [0.717, 1.165) is 17.4 Å². The van der Waals surface area contributed by atoms with Crippen molar-refractivity contribution in [2.75, 3.05) is 0 Å². The second-order valence-electron chi connectivity index (χ2n) is 3.95. The summed E-state index contributed by atoms with van der Waals surface area (Å²) in [6.45, 7) is 5.97. The lowest BCUT2D eigenvalue weighted by molar-refractivity contribution is 0.582. The van der Waals surface area contributed by atoms with Gasteiger partial charge in [0, 0.05) is 35.8 Å². The molecule has 2 rings (SSSR count). The Morgan fingerprint density at radius 3 is 2.94 bits per heavy atom. The molecule has 3 nitrogen and oxygen atoms in total. The second kappa shape index (κ2) is 5.67. The predicted octanol–water partition coefficient (Wildman–Crippen LogP) is 3.47. The molecule has 0 aliphatic rings. The number of hydrogen-bond acceptors (Lipinski definition) is 3. The maximum Gasteiger partial charge on any atom is 0.0931 e. The van der Waals surface area contributed by atoms with E-state index in [0.29, 0.717) is 6.04 Å². The van der Waals surface area contributed by atoms with Gasteiger partial charge in [0.25, 0.3) is 0 Å². The van der Waals surface area contributed by atoms with E-state index in [1.54, 1.807) is 11.3 Å². The standard InChI is InChI=1S/C12H16ClN3S/c1-3-16-8-10(7-15-16)6-14-9(2)11-4-5-12(13)17-11/h4-5,7-9,14H,3,6H2,1-2H3. The van der Waals surface area contributed by atoms with Gasteiger partial charge in [0.1, 0.15) is 0 Å². The van der Waals surface area contributed by atoms with Crippen molar-refractivity contribution < 1.29 is 0 Å². The summed E-state index contributed by atoms with van der Waals surface area (Å²) in [5.74, 6) is 0. The van der Waals surface area contributed by atoms with Crippen LogP contribution in [0.25, 0.3) is 0 Å². The lowest BCUT2D eigenvalue weighted by Gasteiger charge is -2.10. The molecule has 0 radical (unpaired) electrons. The highest BCUT2D eigenvalue weighted by Crippen LogP contribution is 2.26. The van der Waals surface area contributed by atoms with E-state index in [1.165, 1.54) is 10.4 Å². The van der Waals surface area contributed by atoms with Crippen LogP contribution in [-0.4, -0.2) is 9.78 Å². The Bertz CT molecular complexity index is 478. The number of nitrogens with one attached hydrogen (secondary N) is 1. The van der Waals surface area contributed by atoms with Crippen LogP contribution in [0, 0.1) is 0 Å². The number of aromatic nitrogens is 2. The fourth-order valence-electron chi connectivity index (χ4n) is 1.60. The summed E-state index contributed by atoms with van der Waals surface area (Å²) in [6, 6.07) is 4.33. The number of thiophene rings is 1. The Labute approximate surface area is 110 Å². The van der Waals surface area contributed by atoms with E-state index in [1.807, 2.05) is 16.9 Å². The van der Waals surface area contributed by atoms with Gasteiger partial charge >= 0.3 is 0 Å². The molecule has 0 saturated carbocycles. The van der Waals surface area contributed by atoms with E-state index in [2.05, 4.69) is 36.5 Å². The lowest BCUT2D eigenvalue weighted by Crippen LogP contribution is -2.16. The third kappa shape index (κ3) is 3.31. The van der Waals surface area contributed by atoms with Crippen LogP contribution in [0.5, 0.6) is 0 Å². The SMILES string of the molecule is CCn1cc(CNC(C)c2ccc(Cl)s2)cn1. The van der Waals surface area contributed by atoms with Crippen molar-refractivity contribution in [1.29, 1.82) is 0 Å². The molecule has 5 heteroatoms. The lowest BCUT2D eigenvalue weighted by atomic mass is 10.2. The average Bonchev–Trinajstić information content (AvgIpc) is 2.94. The first-order chi connectivity index (χ1) is 8.19. The number of hydrogen-bond donors (Lipinski definition) is 1. The minimum atomic E-state index is 0.317. The van der Waals surface area contributed by atoms with Crippen LogP contribution in [0.3, 0.4) is 0 Å². The highest BCUT2D eigenvalue weighted by Gasteiger charge is 2.08. The third-order valence-electron chi connectivity index (χ3n) is 2.64. The van der Waals surface area contributed by atoms with Gasteiger partial charge in [-0.05, 0) is 26.0 Å². The molecule has 0 aromatic carbocycles. The van der Waals surface area contributed by atoms with Gasteiger partial charge < -0.3 is 5.32 Å². The highest BCUT2D eigenvalue weighted by molar-refractivity contribution is 7.16. The molecule has 92 valence electrons. The first-order valence-electron chi connectivity index (χ1n) is 5.69. The van der Waals surface area contributed by atoms with Crippen molar-refractivity contribution in [1.82, 2.24) is 15.1 Å². The molecule has 1 N–H and O–H groups in total. The van der Waals surface area contributed by atoms with Crippen molar-refractivity contribution in [3.8, 4) is 0 Å². The predicted molar refractivity (Wildman–Crippen MR) is 72.5 cm³/mol. The Morgan fingerprint density at radius 1 is 1.53 bits per heavy atom. The number of rotatable bonds is 5. The molecule has 0 bridgehead atoms. The molecular formula is C12H16ClN3S. The van der Waals surface area contributed by atoms with Crippen molar-refractivity contribution in [3.63, 3.8) is 0 Å². The highest BCUT2D eigenvalue weighted by atomic mass is 35.5. The van der Waals surface area contributed by atoms with E-state index in [9.17, 15) is 0 Å². The smallest absolute Gasteiger partial charge is 0.0931 e. The topological polar surface area (TPSA) is 29.9 Å². The maximum absolute atomic E-state index is 5.92. The van der Waals surface area contributed by atoms with Crippen LogP contribution >= 0.6 is 22.9 Å². The van der Waals surface area contributed by atoms with Gasteiger partial charge in [0.2, 0.25) is 0 Å². The molecule has 0 saturated heterocycles. The molecular weight excluding hydrogens is 254 g/mol. The van der Waals surface area contributed by atoms with Crippen LogP contribution in [0.4, 0.5) is 0 Å². The minimum absolute atomic E-state index is 0.317. The van der Waals surface area contributed by atoms with Crippen LogP contribution in [0.2, 0.25) is 4.34 Å². The first kappa shape index (κ1) is 12.6. The minimum Gasteiger partial charge on any atom is -0.305 e. The summed E-state index contributed by atoms with van der Waals surface area (Å²) < 4.78 is 2.77. The van der Waals surface area contributed by atoms with E-state index in [4.69, 9.17) is 11.6 Å². The summed E-state index contributed by atoms with van der Waals surface area (Å²) in [7, 11) is 0. The van der Waals surface area contributed by atoms with Crippen molar-refractivity contribution in [3.05, 3.63) is 39.3 Å². The number of aryl methyl sites for hydroxylation is 1. The van der Waals surface area contributed by atoms with Crippen molar-refractivity contribution >= 4 is 22.9 Å². The molecule has 0 aliphatic carbocycles. The fourth-order valence-corrected chi connectivity index (χ4v) is 2.69. The van der Waals surface area contributed by atoms with E-state index >= 15 is 0 Å². The molecule has 0 spiro atoms. The Balaban J connectivity index is 1.89. The third-order valence-corrected chi connectivity index (χ3v) is 4.06. The molecule has 2 aromatic heterocycles. The molecule has 0 fully saturated rings. The summed E-state index contributed by atoms with van der Waals surface area (Å²) >= 11 is 7.54. The molecule has 1 atom stereocenters. The molecule has 0 amide bonds. The van der Waals surface area contributed by atoms with Gasteiger partial charge in [-0.2, -0.15) is 5.10 Å². The quantitative estimate of drug-likeness (QED) is 0.901. The largest absolute Gasteiger partial charge is 0.305 e. The van der Waals surface area contributed by atoms with Gasteiger partial charge in [0.05, 0.1) is 10.5 Å². The Hall–Kier alpha value is -0.840. The van der Waals surface area contributed by atoms with Gasteiger partial charge in [-0.1, -0.05) is 11.6 Å². The van der Waals surface area contributed by atoms with Crippen LogP contribution < -0.4 is 5.32 Å². The zero-order chi connectivity index (χ0) is 12.3. The zero-order valence-electron chi connectivity index (χ0n) is 9.98. The average molecular weight is 270 g/mol. The fraction of sp³-hybridized carbons (Fsp3) is 0.417. The maximum atomic E-state index is 5.92. The Kier molecular flexibility index (Phi) is 4.20. The normalized spacial score (nSPS) is 12.9. The summed E-state index contributed by atoms with van der Waals surface area (Å²) in [5.41, 5.74) is 1.21. The molecule has 2 aromatic rings. The van der Waals surface area contributed by atoms with Gasteiger partial charge in [-0.25, -0.2) is 0 Å². The van der Waals surface area contributed by atoms with Crippen LogP contribution in [0.15, 0.2) is 24.5 Å². The van der Waals surface area contributed by atoms with Crippen LogP contribution in [-0.2, 0) is 13.1 Å². The zero-order valence-corrected chi connectivity index (χ0v) is 11.6. The number of halogens is 1. The molecule has 2 heterocycles. The summed E-state index contributed by atoms with van der Waals surface area (Å²) in [4.78, 5) is 1.26. The van der Waals surface area contributed by atoms with E-state index < -0.39 is 0 Å². The summed E-state index contributed by atoms with van der Waals surface area (Å²) in [5, 5.41) is 7.71. The second-order valence-corrected chi connectivity index (χ2v) is 5.70. The van der Waals surface area contributed by atoms with Gasteiger partial charge in [-0.15, -0.1) is 11.3 Å². The number of nitrogens with zero attached hydrogens (tertiary/aromatic N) is 2. The first-order valence-corrected chi connectivity index (χ1v) is 6.88. The van der Waals surface area contributed by atoms with Crippen LogP contribution in [0.1, 0.15) is 30.3 Å². The molecule has 0 aliphatic heterocycles. The Morgan fingerprint density at radius 2 is 2.35 bits per heavy atom. The monoisotopic (exact) mass is 269 g/mol. The summed E-state index contributed by atoms with van der Waals surface area (Å²) in [6.07, 6.45) is 3.98. The van der Waals surface area contributed by atoms with E-state index in [-0.39, 0.29) is 0 Å². The van der Waals surface area contributed by atoms with Gasteiger partial charge in [0.15, 0.2) is 0 Å². The molecule has 1 unspecified atom stereocenters. The molecule has 17 heavy (non-hydrogen) atoms. The van der Waals surface area contributed by atoms with Crippen molar-refractivity contribution in [2.24, 2.45) is 0 Å².